The fourth-order valence-corrected chi connectivity index (χ4v) is 2.05. The third-order valence-electron chi connectivity index (χ3n) is 3.04. The number of nitrogens with two attached hydrogens (primary N) is 1. The molecule has 0 spiro atoms. The number of aromatic nitrogens is 2. The molecule has 0 aliphatic heterocycles. The van der Waals surface area contributed by atoms with Crippen molar-refractivity contribution in [3.63, 3.8) is 0 Å². The van der Waals surface area contributed by atoms with Gasteiger partial charge in [0.25, 0.3) is 0 Å². The number of nitrogens with zero attached hydrogens (tertiary/aromatic N) is 2. The summed E-state index contributed by atoms with van der Waals surface area (Å²) < 4.78 is 1.79. The number of carbonyl (C=O) groups excluding carboxylic acids is 1. The van der Waals surface area contributed by atoms with Crippen LogP contribution >= 0.6 is 0 Å². The Bertz CT molecular complexity index is 524. The summed E-state index contributed by atoms with van der Waals surface area (Å²) in [5, 5.41) is 7.02. The number of hydrogen-bond donors (Lipinski definition) is 2. The summed E-state index contributed by atoms with van der Waals surface area (Å²) in [5.41, 5.74) is 7.00. The van der Waals surface area contributed by atoms with Crippen LogP contribution in [0.3, 0.4) is 0 Å². The third kappa shape index (κ3) is 4.20. The van der Waals surface area contributed by atoms with E-state index < -0.39 is 6.04 Å². The van der Waals surface area contributed by atoms with Crippen molar-refractivity contribution in [1.82, 2.24) is 15.1 Å². The molecule has 0 saturated heterocycles. The van der Waals surface area contributed by atoms with Crippen LogP contribution in [0, 0.1) is 0 Å². The van der Waals surface area contributed by atoms with Crippen molar-refractivity contribution >= 4 is 5.91 Å². The summed E-state index contributed by atoms with van der Waals surface area (Å²) in [6.45, 7) is 2.58. The molecule has 0 bridgehead atoms. The minimum Gasteiger partial charge on any atom is -0.350 e. The summed E-state index contributed by atoms with van der Waals surface area (Å²) in [5.74, 6) is -0.131. The van der Waals surface area contributed by atoms with Gasteiger partial charge >= 0.3 is 0 Å². The lowest BCUT2D eigenvalue weighted by molar-refractivity contribution is -0.123. The van der Waals surface area contributed by atoms with Crippen molar-refractivity contribution in [1.29, 1.82) is 0 Å². The fraction of sp³-hybridized carbons (Fsp3) is 0.333. The maximum Gasteiger partial charge on any atom is 0.237 e. The van der Waals surface area contributed by atoms with E-state index in [0.717, 1.165) is 5.56 Å². The van der Waals surface area contributed by atoms with Crippen molar-refractivity contribution in [3.05, 3.63) is 54.4 Å². The number of rotatable bonds is 6. The van der Waals surface area contributed by atoms with Gasteiger partial charge in [-0.15, -0.1) is 0 Å². The van der Waals surface area contributed by atoms with Gasteiger partial charge in [0, 0.05) is 18.4 Å². The Labute approximate surface area is 118 Å². The highest BCUT2D eigenvalue weighted by Crippen LogP contribution is 2.02. The number of benzene rings is 1. The van der Waals surface area contributed by atoms with Gasteiger partial charge in [-0.05, 0) is 25.0 Å². The summed E-state index contributed by atoms with van der Waals surface area (Å²) in [7, 11) is 0. The van der Waals surface area contributed by atoms with E-state index in [1.807, 2.05) is 49.5 Å². The lowest BCUT2D eigenvalue weighted by atomic mass is 10.1. The minimum atomic E-state index is -0.530. The van der Waals surface area contributed by atoms with Gasteiger partial charge < -0.3 is 11.1 Å². The Morgan fingerprint density at radius 3 is 2.75 bits per heavy atom. The molecule has 0 saturated carbocycles. The first kappa shape index (κ1) is 14.3. The molecule has 5 heteroatoms. The van der Waals surface area contributed by atoms with E-state index in [9.17, 15) is 4.79 Å². The number of carbonyl (C=O) groups is 1. The van der Waals surface area contributed by atoms with E-state index in [1.165, 1.54) is 0 Å². The molecule has 1 aromatic carbocycles. The molecule has 3 N–H and O–H groups in total. The molecule has 106 valence electrons. The standard InChI is InChI=1S/C15H20N4O/c1-12(11-19-9-5-8-17-19)18-15(20)14(16)10-13-6-3-2-4-7-13/h2-9,12,14H,10-11,16H2,1H3,(H,18,20). The second-order valence-corrected chi connectivity index (χ2v) is 4.93. The van der Waals surface area contributed by atoms with Crippen molar-refractivity contribution in [2.75, 3.05) is 0 Å². The average Bonchev–Trinajstić information content (AvgIpc) is 2.92. The van der Waals surface area contributed by atoms with E-state index in [-0.39, 0.29) is 11.9 Å². The van der Waals surface area contributed by atoms with E-state index in [2.05, 4.69) is 10.4 Å². The van der Waals surface area contributed by atoms with Gasteiger partial charge in [0.1, 0.15) is 0 Å². The molecular formula is C15H20N4O. The lowest BCUT2D eigenvalue weighted by Gasteiger charge is -2.17. The van der Waals surface area contributed by atoms with Crippen molar-refractivity contribution < 1.29 is 4.79 Å². The summed E-state index contributed by atoms with van der Waals surface area (Å²) >= 11 is 0. The van der Waals surface area contributed by atoms with Crippen LogP contribution < -0.4 is 11.1 Å². The Kier molecular flexibility index (Phi) is 4.90. The second kappa shape index (κ2) is 6.86. The Morgan fingerprint density at radius 2 is 2.10 bits per heavy atom. The van der Waals surface area contributed by atoms with Crippen molar-refractivity contribution in [2.24, 2.45) is 5.73 Å². The van der Waals surface area contributed by atoms with Crippen LogP contribution in [0.1, 0.15) is 12.5 Å². The summed E-state index contributed by atoms with van der Waals surface area (Å²) in [6, 6.07) is 11.1. The van der Waals surface area contributed by atoms with Crippen LogP contribution in [0.15, 0.2) is 48.8 Å². The molecule has 2 unspecified atom stereocenters. The van der Waals surface area contributed by atoms with Gasteiger partial charge in [0.2, 0.25) is 5.91 Å². The Morgan fingerprint density at radius 1 is 1.35 bits per heavy atom. The molecule has 0 aliphatic rings. The molecular weight excluding hydrogens is 252 g/mol. The van der Waals surface area contributed by atoms with E-state index in [1.54, 1.807) is 10.9 Å². The van der Waals surface area contributed by atoms with Crippen LogP contribution in [0.25, 0.3) is 0 Å². The monoisotopic (exact) mass is 272 g/mol. The van der Waals surface area contributed by atoms with Crippen molar-refractivity contribution in [3.8, 4) is 0 Å². The van der Waals surface area contributed by atoms with Crippen molar-refractivity contribution in [2.45, 2.75) is 32.0 Å². The zero-order chi connectivity index (χ0) is 14.4. The molecule has 20 heavy (non-hydrogen) atoms. The molecule has 0 aliphatic carbocycles. The highest BCUT2D eigenvalue weighted by atomic mass is 16.2. The molecule has 2 aromatic rings. The number of hydrogen-bond acceptors (Lipinski definition) is 3. The highest BCUT2D eigenvalue weighted by molar-refractivity contribution is 5.82. The number of nitrogens with one attached hydrogen (secondary N) is 1. The zero-order valence-electron chi connectivity index (χ0n) is 11.6. The molecule has 1 amide bonds. The zero-order valence-corrected chi connectivity index (χ0v) is 11.6. The predicted octanol–water partition coefficient (Wildman–Crippen LogP) is 0.958. The van der Waals surface area contributed by atoms with Crippen LogP contribution in [-0.2, 0) is 17.8 Å². The Balaban J connectivity index is 1.81. The quantitative estimate of drug-likeness (QED) is 0.822. The van der Waals surface area contributed by atoms with E-state index in [0.29, 0.717) is 13.0 Å². The maximum absolute atomic E-state index is 12.0. The van der Waals surface area contributed by atoms with Crippen LogP contribution in [0.5, 0.6) is 0 Å². The molecule has 0 fully saturated rings. The predicted molar refractivity (Wildman–Crippen MR) is 78.0 cm³/mol. The topological polar surface area (TPSA) is 72.9 Å². The number of amides is 1. The molecule has 1 aromatic heterocycles. The summed E-state index contributed by atoms with van der Waals surface area (Å²) in [6.07, 6.45) is 4.13. The van der Waals surface area contributed by atoms with Crippen LogP contribution in [-0.4, -0.2) is 27.8 Å². The minimum absolute atomic E-state index is 0.00998. The average molecular weight is 272 g/mol. The maximum atomic E-state index is 12.0. The smallest absolute Gasteiger partial charge is 0.237 e. The first-order chi connectivity index (χ1) is 9.65. The SMILES string of the molecule is CC(Cn1cccn1)NC(=O)C(N)Cc1ccccc1. The molecule has 0 radical (unpaired) electrons. The highest BCUT2D eigenvalue weighted by Gasteiger charge is 2.16. The fourth-order valence-electron chi connectivity index (χ4n) is 2.05. The molecule has 5 nitrogen and oxygen atoms in total. The van der Waals surface area contributed by atoms with Gasteiger partial charge in [0.05, 0.1) is 12.6 Å². The molecule has 2 rings (SSSR count). The Hall–Kier alpha value is -2.14. The van der Waals surface area contributed by atoms with Gasteiger partial charge in [0.15, 0.2) is 0 Å². The largest absolute Gasteiger partial charge is 0.350 e. The second-order valence-electron chi connectivity index (χ2n) is 4.93. The van der Waals surface area contributed by atoms with Gasteiger partial charge in [-0.2, -0.15) is 5.10 Å². The van der Waals surface area contributed by atoms with Gasteiger partial charge in [-0.25, -0.2) is 0 Å². The molecule has 1 heterocycles. The molecule has 2 atom stereocenters. The van der Waals surface area contributed by atoms with Gasteiger partial charge in [-0.3, -0.25) is 9.48 Å². The van der Waals surface area contributed by atoms with E-state index >= 15 is 0 Å². The third-order valence-corrected chi connectivity index (χ3v) is 3.04. The van der Waals surface area contributed by atoms with Crippen LogP contribution in [0.4, 0.5) is 0 Å². The van der Waals surface area contributed by atoms with Crippen LogP contribution in [0.2, 0.25) is 0 Å². The normalized spacial score (nSPS) is 13.7. The first-order valence-corrected chi connectivity index (χ1v) is 6.72. The lowest BCUT2D eigenvalue weighted by Crippen LogP contribution is -2.46. The summed E-state index contributed by atoms with van der Waals surface area (Å²) in [4.78, 5) is 12.0. The first-order valence-electron chi connectivity index (χ1n) is 6.72. The van der Waals surface area contributed by atoms with Gasteiger partial charge in [-0.1, -0.05) is 30.3 Å². The van der Waals surface area contributed by atoms with E-state index in [4.69, 9.17) is 5.73 Å².